The van der Waals surface area contributed by atoms with E-state index in [1.807, 2.05) is 0 Å². The van der Waals surface area contributed by atoms with E-state index >= 15 is 0 Å². The van der Waals surface area contributed by atoms with Crippen LogP contribution in [0.4, 0.5) is 0 Å². The predicted molar refractivity (Wildman–Crippen MR) is 73.7 cm³/mol. The predicted octanol–water partition coefficient (Wildman–Crippen LogP) is -0.260. The smallest absolute Gasteiger partial charge is 0.369 e. The fourth-order valence-electron chi connectivity index (χ4n) is 3.31. The summed E-state index contributed by atoms with van der Waals surface area (Å²) in [5.41, 5.74) is 0. The van der Waals surface area contributed by atoms with Gasteiger partial charge in [-0.2, -0.15) is 0 Å². The summed E-state index contributed by atoms with van der Waals surface area (Å²) >= 11 is 0. The second-order valence-corrected chi connectivity index (χ2v) is 8.55. The van der Waals surface area contributed by atoms with Crippen LogP contribution in [0, 0.1) is 0 Å². The number of nitrogens with zero attached hydrogens (tertiary/aromatic N) is 1. The van der Waals surface area contributed by atoms with Gasteiger partial charge in [-0.1, -0.05) is 6.42 Å². The van der Waals surface area contributed by atoms with Gasteiger partial charge < -0.3 is 18.6 Å². The lowest BCUT2D eigenvalue weighted by molar-refractivity contribution is -0.682. The van der Waals surface area contributed by atoms with Crippen LogP contribution in [0.2, 0.25) is 0 Å². The molecule has 3 aliphatic heterocycles. The molecule has 110 valence electrons. The number of hydrogen-bond donors (Lipinski definition) is 1. The average molecular weight is 287 g/mol. The van der Waals surface area contributed by atoms with E-state index in [-0.39, 0.29) is 0 Å². The molecule has 0 amide bonds. The van der Waals surface area contributed by atoms with E-state index in [0.717, 1.165) is 51.7 Å². The van der Waals surface area contributed by atoms with Gasteiger partial charge in [0.2, 0.25) is 0 Å². The summed E-state index contributed by atoms with van der Waals surface area (Å²) in [6.45, 7) is 5.40. The van der Waals surface area contributed by atoms with E-state index < -0.39 is 8.80 Å². The first-order valence-corrected chi connectivity index (χ1v) is 9.77. The van der Waals surface area contributed by atoms with E-state index in [2.05, 4.69) is 10.2 Å². The molecule has 0 aromatic rings. The fourth-order valence-corrected chi connectivity index (χ4v) is 5.74. The van der Waals surface area contributed by atoms with Crippen molar-refractivity contribution in [3.8, 4) is 0 Å². The van der Waals surface area contributed by atoms with Crippen LogP contribution in [0.3, 0.4) is 0 Å². The number of hydrogen-bond acceptors (Lipinski definition) is 4. The van der Waals surface area contributed by atoms with Gasteiger partial charge in [0, 0.05) is 19.6 Å². The molecule has 0 atom stereocenters. The normalized spacial score (nSPS) is 37.6. The Bertz CT molecular complexity index is 261. The van der Waals surface area contributed by atoms with Crippen LogP contribution in [-0.2, 0) is 13.3 Å². The van der Waals surface area contributed by atoms with Crippen LogP contribution in [0.1, 0.15) is 32.1 Å². The molecule has 0 unspecified atom stereocenters. The zero-order valence-electron chi connectivity index (χ0n) is 11.8. The first kappa shape index (κ1) is 14.0. The lowest BCUT2D eigenvalue weighted by Gasteiger charge is -2.37. The largest absolute Gasteiger partial charge is 0.559 e. The summed E-state index contributed by atoms with van der Waals surface area (Å²) in [7, 11) is -2.39. The van der Waals surface area contributed by atoms with Gasteiger partial charge >= 0.3 is 8.80 Å². The molecule has 2 N–H and O–H groups in total. The van der Waals surface area contributed by atoms with Gasteiger partial charge in [0.25, 0.3) is 0 Å². The van der Waals surface area contributed by atoms with Crippen molar-refractivity contribution < 1.29 is 18.6 Å². The molecule has 19 heavy (non-hydrogen) atoms. The Hall–Kier alpha value is 0.0169. The van der Waals surface area contributed by atoms with Crippen LogP contribution in [-0.4, -0.2) is 65.4 Å². The van der Waals surface area contributed by atoms with Crippen molar-refractivity contribution in [2.24, 2.45) is 0 Å². The first-order chi connectivity index (χ1) is 9.36. The maximum atomic E-state index is 6.05. The minimum atomic E-state index is -2.39. The van der Waals surface area contributed by atoms with Gasteiger partial charge in [0.05, 0.1) is 25.9 Å². The van der Waals surface area contributed by atoms with Crippen molar-refractivity contribution in [2.75, 3.05) is 45.6 Å². The quantitative estimate of drug-likeness (QED) is 0.727. The second kappa shape index (κ2) is 6.65. The molecule has 0 radical (unpaired) electrons. The molecule has 6 heteroatoms. The molecule has 3 heterocycles. The molecular formula is C13H27N2O3Si+. The van der Waals surface area contributed by atoms with Crippen molar-refractivity contribution in [2.45, 2.75) is 38.1 Å². The molecule has 1 saturated carbocycles. The third-order valence-corrected chi connectivity index (χ3v) is 7.21. The zero-order valence-corrected chi connectivity index (χ0v) is 12.8. The summed E-state index contributed by atoms with van der Waals surface area (Å²) in [6, 6.07) is 0.763. The lowest BCUT2D eigenvalue weighted by Crippen LogP contribution is -2.95. The van der Waals surface area contributed by atoms with E-state index in [1.165, 1.54) is 32.1 Å². The van der Waals surface area contributed by atoms with Crippen LogP contribution in [0.15, 0.2) is 0 Å². The van der Waals surface area contributed by atoms with Gasteiger partial charge in [-0.15, -0.1) is 0 Å². The number of rotatable bonds is 3. The highest BCUT2D eigenvalue weighted by Gasteiger charge is 2.47. The van der Waals surface area contributed by atoms with Crippen molar-refractivity contribution >= 4 is 8.80 Å². The summed E-state index contributed by atoms with van der Waals surface area (Å²) in [6.07, 6.45) is 7.78. The third kappa shape index (κ3) is 3.77. The third-order valence-electron chi connectivity index (χ3n) is 4.54. The molecule has 4 rings (SSSR count). The fraction of sp³-hybridized carbons (Fsp3) is 1.00. The topological polar surface area (TPSA) is 47.5 Å². The van der Waals surface area contributed by atoms with Gasteiger partial charge in [-0.25, -0.2) is 0 Å². The Morgan fingerprint density at radius 2 is 1.47 bits per heavy atom. The molecule has 4 aliphatic rings. The second-order valence-electron chi connectivity index (χ2n) is 5.91. The van der Waals surface area contributed by atoms with Gasteiger partial charge in [0.15, 0.2) is 0 Å². The summed E-state index contributed by atoms with van der Waals surface area (Å²) in [4.78, 5) is 2.36. The van der Waals surface area contributed by atoms with Crippen molar-refractivity contribution in [3.63, 3.8) is 0 Å². The monoisotopic (exact) mass is 287 g/mol. The average Bonchev–Trinajstić information content (AvgIpc) is 2.37. The van der Waals surface area contributed by atoms with Gasteiger partial charge in [-0.3, -0.25) is 4.90 Å². The van der Waals surface area contributed by atoms with Gasteiger partial charge in [0.1, 0.15) is 6.17 Å². The van der Waals surface area contributed by atoms with Gasteiger partial charge in [-0.05, 0) is 25.7 Å². The van der Waals surface area contributed by atoms with Crippen molar-refractivity contribution in [1.29, 1.82) is 0 Å². The van der Waals surface area contributed by atoms with Crippen LogP contribution >= 0.6 is 0 Å². The van der Waals surface area contributed by atoms with Crippen LogP contribution < -0.4 is 5.32 Å². The Morgan fingerprint density at radius 3 is 2.05 bits per heavy atom. The Balaban J connectivity index is 1.55. The zero-order chi connectivity index (χ0) is 13.0. The standard InChI is InChI=1S/C13H26N2O3Si/c1-2-4-13(5-3-1)14-12-19-16-9-6-15(7-10-17-19)8-11-18-19/h13-14H,1-12H2/p+1. The van der Waals surface area contributed by atoms with Crippen molar-refractivity contribution in [3.05, 3.63) is 0 Å². The highest BCUT2D eigenvalue weighted by atomic mass is 28.4. The highest BCUT2D eigenvalue weighted by Crippen LogP contribution is 2.16. The molecule has 4 fully saturated rings. The van der Waals surface area contributed by atoms with E-state index in [0.29, 0.717) is 0 Å². The summed E-state index contributed by atoms with van der Waals surface area (Å²) < 4.78 is 18.2. The molecule has 3 saturated heterocycles. The molecular weight excluding hydrogens is 260 g/mol. The minimum Gasteiger partial charge on any atom is -0.369 e. The number of quaternary nitrogens is 1. The van der Waals surface area contributed by atoms with E-state index in [1.54, 1.807) is 0 Å². The summed E-state index contributed by atoms with van der Waals surface area (Å²) in [5, 5.41) is 2.45. The van der Waals surface area contributed by atoms with Crippen molar-refractivity contribution in [1.82, 2.24) is 4.90 Å². The van der Waals surface area contributed by atoms with Crippen LogP contribution in [0.5, 0.6) is 0 Å². The number of fused-ring (bicyclic) bond motifs is 6. The number of nitrogens with two attached hydrogens (primary N) is 1. The van der Waals surface area contributed by atoms with E-state index in [4.69, 9.17) is 13.3 Å². The maximum absolute atomic E-state index is 6.05. The Labute approximate surface area is 117 Å². The molecule has 1 aliphatic carbocycles. The first-order valence-electron chi connectivity index (χ1n) is 7.84. The molecule has 5 nitrogen and oxygen atoms in total. The molecule has 0 aromatic carbocycles. The highest BCUT2D eigenvalue weighted by molar-refractivity contribution is 6.60. The minimum absolute atomic E-state index is 0.763. The summed E-state index contributed by atoms with van der Waals surface area (Å²) in [5.74, 6) is 0. The van der Waals surface area contributed by atoms with E-state index in [9.17, 15) is 0 Å². The molecule has 2 bridgehead atoms. The molecule has 0 aromatic heterocycles. The van der Waals surface area contributed by atoms with Crippen LogP contribution in [0.25, 0.3) is 0 Å². The SMILES string of the molecule is C1CCC([NH2+]C[Si]23OCCN(CCO2)CCO3)CC1. The molecule has 0 spiro atoms. The maximum Gasteiger partial charge on any atom is 0.559 e. The Kier molecular flexibility index (Phi) is 4.89. The lowest BCUT2D eigenvalue weighted by atomic mass is 9.96. The Morgan fingerprint density at radius 1 is 0.895 bits per heavy atom.